The first-order valence-corrected chi connectivity index (χ1v) is 9.06. The second-order valence-electron chi connectivity index (χ2n) is 5.59. The number of rotatable bonds is 2. The van der Waals surface area contributed by atoms with Crippen LogP contribution < -0.4 is 20.9 Å². The molecule has 0 aliphatic carbocycles. The Balaban J connectivity index is 1.82. The van der Waals surface area contributed by atoms with E-state index in [0.717, 1.165) is 27.0 Å². The van der Waals surface area contributed by atoms with Gasteiger partial charge in [0.15, 0.2) is 0 Å². The van der Waals surface area contributed by atoms with Crippen molar-refractivity contribution in [3.63, 3.8) is 0 Å². The van der Waals surface area contributed by atoms with Gasteiger partial charge in [-0.3, -0.25) is 19.6 Å². The van der Waals surface area contributed by atoms with Gasteiger partial charge in [-0.25, -0.2) is 5.84 Å². The molecule has 1 amide bonds. The summed E-state index contributed by atoms with van der Waals surface area (Å²) in [6.45, 7) is 0.618. The number of nitrogens with one attached hydrogen (secondary N) is 1. The minimum Gasteiger partial charge on any atom is -0.493 e. The number of aromatic nitrogens is 1. The van der Waals surface area contributed by atoms with Crippen LogP contribution in [0.4, 0.5) is 0 Å². The molecule has 2 aliphatic rings. The van der Waals surface area contributed by atoms with E-state index in [9.17, 15) is 9.59 Å². The number of nitrogens with two attached hydrogens (primary N) is 1. The van der Waals surface area contributed by atoms with Gasteiger partial charge in [-0.05, 0) is 6.07 Å². The summed E-state index contributed by atoms with van der Waals surface area (Å²) in [4.78, 5) is 24.9. The van der Waals surface area contributed by atoms with Crippen molar-refractivity contribution < 1.29 is 9.53 Å². The average Bonchev–Trinajstić information content (AvgIpc) is 2.90. The molecule has 3 N–H and O–H groups in total. The van der Waals surface area contributed by atoms with E-state index in [1.807, 2.05) is 18.2 Å². The van der Waals surface area contributed by atoms with Crippen molar-refractivity contribution in [3.05, 3.63) is 44.4 Å². The van der Waals surface area contributed by atoms with E-state index in [4.69, 9.17) is 10.6 Å². The standard InChI is InChI=1S/C15H15N3O3S2/c16-17-11(19)5-18-14-13(23-15(18)20)12-8(7-22-14)6-21-10-4-2-1-3-9(10)12/h1-4,8,12H,5-7,16H2,(H,17,19)/t8-,12+/m1/s1. The van der Waals surface area contributed by atoms with Crippen LogP contribution in [-0.2, 0) is 11.3 Å². The fraction of sp³-hybridized carbons (Fsp3) is 0.333. The first-order valence-electron chi connectivity index (χ1n) is 7.26. The SMILES string of the molecule is NNC(=O)Cn1c2c(sc1=O)[C@@H]1c3ccccc3OC[C@@H]1CS2. The number of hydrazine groups is 1. The number of hydrogen-bond donors (Lipinski definition) is 2. The van der Waals surface area contributed by atoms with Gasteiger partial charge < -0.3 is 4.74 Å². The third-order valence-corrected chi connectivity index (χ3v) is 6.73. The lowest BCUT2D eigenvalue weighted by Gasteiger charge is -2.36. The van der Waals surface area contributed by atoms with Crippen molar-refractivity contribution in [3.8, 4) is 5.75 Å². The highest BCUT2D eigenvalue weighted by atomic mass is 32.2. The minimum absolute atomic E-state index is 0.0380. The van der Waals surface area contributed by atoms with Crippen molar-refractivity contribution in [1.29, 1.82) is 0 Å². The summed E-state index contributed by atoms with van der Waals surface area (Å²) in [5.74, 6) is 7.04. The maximum Gasteiger partial charge on any atom is 0.308 e. The molecule has 2 atom stereocenters. The molecule has 2 aromatic rings. The molecule has 8 heteroatoms. The van der Waals surface area contributed by atoms with Gasteiger partial charge in [0, 0.05) is 28.0 Å². The topological polar surface area (TPSA) is 86.4 Å². The van der Waals surface area contributed by atoms with Crippen molar-refractivity contribution in [2.75, 3.05) is 12.4 Å². The number of benzene rings is 1. The van der Waals surface area contributed by atoms with Crippen molar-refractivity contribution >= 4 is 29.0 Å². The Hall–Kier alpha value is -1.77. The van der Waals surface area contributed by atoms with E-state index in [2.05, 4.69) is 11.5 Å². The maximum absolute atomic E-state index is 12.4. The third kappa shape index (κ3) is 2.37. The number of para-hydroxylation sites is 1. The molecule has 0 fully saturated rings. The highest BCUT2D eigenvalue weighted by Gasteiger charge is 2.39. The van der Waals surface area contributed by atoms with Crippen LogP contribution in [-0.4, -0.2) is 22.8 Å². The monoisotopic (exact) mass is 349 g/mol. The average molecular weight is 349 g/mol. The van der Waals surface area contributed by atoms with Crippen LogP contribution in [0.1, 0.15) is 16.4 Å². The fourth-order valence-corrected chi connectivity index (χ4v) is 5.87. The van der Waals surface area contributed by atoms with E-state index in [0.29, 0.717) is 12.5 Å². The normalized spacial score (nSPS) is 21.6. The Kier molecular flexibility index (Phi) is 3.67. The summed E-state index contributed by atoms with van der Waals surface area (Å²) in [5.41, 5.74) is 3.21. The van der Waals surface area contributed by atoms with Crippen LogP contribution >= 0.6 is 23.1 Å². The molecule has 120 valence electrons. The quantitative estimate of drug-likeness (QED) is 0.482. The molecule has 1 aromatic heterocycles. The zero-order valence-electron chi connectivity index (χ0n) is 12.2. The number of amides is 1. The van der Waals surface area contributed by atoms with Gasteiger partial charge in [0.05, 0.1) is 11.6 Å². The molecule has 2 aliphatic heterocycles. The Morgan fingerprint density at radius 1 is 1.43 bits per heavy atom. The van der Waals surface area contributed by atoms with E-state index in [1.165, 1.54) is 15.9 Å². The Morgan fingerprint density at radius 2 is 2.26 bits per heavy atom. The molecular weight excluding hydrogens is 334 g/mol. The van der Waals surface area contributed by atoms with Gasteiger partial charge >= 0.3 is 4.87 Å². The molecule has 0 saturated heterocycles. The summed E-state index contributed by atoms with van der Waals surface area (Å²) >= 11 is 2.85. The summed E-state index contributed by atoms with van der Waals surface area (Å²) in [5, 5.41) is 0.890. The van der Waals surface area contributed by atoms with Crippen LogP contribution in [0.3, 0.4) is 0 Å². The predicted molar refractivity (Wildman–Crippen MR) is 88.9 cm³/mol. The molecule has 4 rings (SSSR count). The molecular formula is C15H15N3O3S2. The largest absolute Gasteiger partial charge is 0.493 e. The van der Waals surface area contributed by atoms with Crippen molar-refractivity contribution in [1.82, 2.24) is 9.99 Å². The number of thioether (sulfide) groups is 1. The smallest absolute Gasteiger partial charge is 0.308 e. The zero-order chi connectivity index (χ0) is 16.0. The van der Waals surface area contributed by atoms with Crippen LogP contribution in [0.15, 0.2) is 34.1 Å². The van der Waals surface area contributed by atoms with Gasteiger partial charge in [-0.1, -0.05) is 29.5 Å². The highest BCUT2D eigenvalue weighted by molar-refractivity contribution is 7.99. The summed E-state index contributed by atoms with van der Waals surface area (Å²) in [6.07, 6.45) is 0. The second-order valence-corrected chi connectivity index (χ2v) is 7.59. The molecule has 0 bridgehead atoms. The van der Waals surface area contributed by atoms with E-state index < -0.39 is 0 Å². The zero-order valence-corrected chi connectivity index (χ0v) is 13.8. The van der Waals surface area contributed by atoms with E-state index in [1.54, 1.807) is 11.8 Å². The summed E-state index contributed by atoms with van der Waals surface area (Å²) < 4.78 is 7.38. The van der Waals surface area contributed by atoms with E-state index in [-0.39, 0.29) is 23.2 Å². The maximum atomic E-state index is 12.4. The van der Waals surface area contributed by atoms with Crippen LogP contribution in [0.2, 0.25) is 0 Å². The van der Waals surface area contributed by atoms with Gasteiger partial charge in [-0.15, -0.1) is 11.8 Å². The van der Waals surface area contributed by atoms with E-state index >= 15 is 0 Å². The molecule has 1 aromatic carbocycles. The molecule has 0 unspecified atom stereocenters. The molecule has 3 heterocycles. The lowest BCUT2D eigenvalue weighted by Crippen LogP contribution is -2.36. The van der Waals surface area contributed by atoms with Crippen LogP contribution in [0.25, 0.3) is 0 Å². The van der Waals surface area contributed by atoms with Gasteiger partial charge in [0.25, 0.3) is 5.91 Å². The number of carbonyl (C=O) groups is 1. The number of carbonyl (C=O) groups excluding carboxylic acids is 1. The lowest BCUT2D eigenvalue weighted by molar-refractivity contribution is -0.121. The van der Waals surface area contributed by atoms with Gasteiger partial charge in [-0.2, -0.15) is 0 Å². The van der Waals surface area contributed by atoms with Gasteiger partial charge in [0.2, 0.25) is 0 Å². The predicted octanol–water partition coefficient (Wildman–Crippen LogP) is 1.15. The fourth-order valence-electron chi connectivity index (χ4n) is 3.18. The van der Waals surface area contributed by atoms with Crippen LogP contribution in [0.5, 0.6) is 5.75 Å². The number of hydrogen-bond acceptors (Lipinski definition) is 6. The van der Waals surface area contributed by atoms with Crippen molar-refractivity contribution in [2.45, 2.75) is 17.5 Å². The summed E-state index contributed by atoms with van der Waals surface area (Å²) in [7, 11) is 0. The lowest BCUT2D eigenvalue weighted by atomic mass is 9.84. The summed E-state index contributed by atoms with van der Waals surface area (Å²) in [6, 6.07) is 7.98. The van der Waals surface area contributed by atoms with Crippen LogP contribution in [0, 0.1) is 5.92 Å². The Labute approximate surface area is 140 Å². The first kappa shape index (κ1) is 14.8. The Morgan fingerprint density at radius 3 is 3.09 bits per heavy atom. The second kappa shape index (κ2) is 5.70. The number of fused-ring (bicyclic) bond motifs is 5. The third-order valence-electron chi connectivity index (χ3n) is 4.23. The molecule has 0 spiro atoms. The highest BCUT2D eigenvalue weighted by Crippen LogP contribution is 2.50. The molecule has 0 radical (unpaired) electrons. The molecule has 23 heavy (non-hydrogen) atoms. The number of ether oxygens (including phenoxy) is 1. The molecule has 0 saturated carbocycles. The Bertz CT molecular complexity index is 830. The molecule has 6 nitrogen and oxygen atoms in total. The van der Waals surface area contributed by atoms with Gasteiger partial charge in [0.1, 0.15) is 12.3 Å². The minimum atomic E-state index is -0.372. The number of nitrogens with zero attached hydrogens (tertiary/aromatic N) is 1. The number of thiazole rings is 1. The first-order chi connectivity index (χ1) is 11.2. The van der Waals surface area contributed by atoms with Crippen molar-refractivity contribution in [2.24, 2.45) is 11.8 Å².